The molecule has 1 heterocycles. The van der Waals surface area contributed by atoms with Crippen molar-refractivity contribution in [2.24, 2.45) is 4.40 Å². The summed E-state index contributed by atoms with van der Waals surface area (Å²) in [6, 6.07) is 5.20. The molecule has 0 spiro atoms. The predicted molar refractivity (Wildman–Crippen MR) is 63.1 cm³/mol. The molecule has 0 atom stereocenters. The van der Waals surface area contributed by atoms with Crippen molar-refractivity contribution in [1.29, 1.82) is 0 Å². The summed E-state index contributed by atoms with van der Waals surface area (Å²) in [6.45, 7) is 1.62. The minimum absolute atomic E-state index is 0.245. The van der Waals surface area contributed by atoms with E-state index in [1.165, 1.54) is 0 Å². The number of fused-ring (bicyclic) bond motifs is 1. The minimum atomic E-state index is -3.49. The van der Waals surface area contributed by atoms with Crippen molar-refractivity contribution in [1.82, 2.24) is 0 Å². The van der Waals surface area contributed by atoms with Gasteiger partial charge in [-0.15, -0.1) is 4.40 Å². The number of hydrogen-bond acceptors (Lipinski definition) is 3. The number of sulfonamides is 1. The van der Waals surface area contributed by atoms with Crippen molar-refractivity contribution in [3.63, 3.8) is 0 Å². The monoisotopic (exact) mass is 322 g/mol. The lowest BCUT2D eigenvalue weighted by atomic mass is 10.3. The van der Waals surface area contributed by atoms with Crippen LogP contribution in [-0.2, 0) is 10.0 Å². The fourth-order valence-electron chi connectivity index (χ4n) is 1.26. The molecule has 1 aromatic carbocycles. The Morgan fingerprint density at radius 1 is 1.43 bits per heavy atom. The Labute approximate surface area is 95.6 Å². The zero-order valence-corrected chi connectivity index (χ0v) is 10.3. The number of nitrogens with zero attached hydrogens (tertiary/aromatic N) is 1. The lowest BCUT2D eigenvalue weighted by molar-refractivity contribution is 0.597. The van der Waals surface area contributed by atoms with Gasteiger partial charge < -0.3 is 5.32 Å². The normalized spacial score (nSPS) is 18.0. The third-order valence-electron chi connectivity index (χ3n) is 1.79. The largest absolute Gasteiger partial charge is 0.342 e. The molecule has 74 valence electrons. The highest BCUT2D eigenvalue weighted by Gasteiger charge is 2.22. The van der Waals surface area contributed by atoms with Crippen molar-refractivity contribution in [2.45, 2.75) is 11.8 Å². The average Bonchev–Trinajstić information content (AvgIpc) is 2.05. The summed E-state index contributed by atoms with van der Waals surface area (Å²) in [5.41, 5.74) is 0.595. The first-order valence-corrected chi connectivity index (χ1v) is 6.39. The SMILES string of the molecule is CC1=NS(=O)(=O)c2cc(I)ccc2N1. The molecular formula is C8H7IN2O2S. The zero-order valence-electron chi connectivity index (χ0n) is 7.28. The highest BCUT2D eigenvalue weighted by Crippen LogP contribution is 2.28. The molecule has 0 saturated heterocycles. The molecule has 4 nitrogen and oxygen atoms in total. The molecule has 1 aromatic rings. The van der Waals surface area contributed by atoms with Gasteiger partial charge in [0.1, 0.15) is 10.7 Å². The van der Waals surface area contributed by atoms with Crippen molar-refractivity contribution in [3.05, 3.63) is 21.8 Å². The van der Waals surface area contributed by atoms with E-state index >= 15 is 0 Å². The summed E-state index contributed by atoms with van der Waals surface area (Å²) in [6.07, 6.45) is 0. The summed E-state index contributed by atoms with van der Waals surface area (Å²) >= 11 is 2.07. The van der Waals surface area contributed by atoms with Crippen LogP contribution in [0.15, 0.2) is 27.5 Å². The van der Waals surface area contributed by atoms with Gasteiger partial charge in [0.05, 0.1) is 5.69 Å². The smallest absolute Gasteiger partial charge is 0.286 e. The van der Waals surface area contributed by atoms with Gasteiger partial charge in [-0.2, -0.15) is 8.42 Å². The van der Waals surface area contributed by atoms with E-state index in [0.717, 1.165) is 3.57 Å². The van der Waals surface area contributed by atoms with E-state index in [-0.39, 0.29) is 4.90 Å². The van der Waals surface area contributed by atoms with E-state index < -0.39 is 10.0 Å². The molecule has 0 saturated carbocycles. The van der Waals surface area contributed by atoms with Crippen LogP contribution in [0.25, 0.3) is 0 Å². The second-order valence-corrected chi connectivity index (χ2v) is 5.74. The van der Waals surface area contributed by atoms with Crippen LogP contribution in [0.4, 0.5) is 5.69 Å². The molecule has 0 fully saturated rings. The number of anilines is 1. The first-order chi connectivity index (χ1) is 6.49. The van der Waals surface area contributed by atoms with Crippen LogP contribution in [0.1, 0.15) is 6.92 Å². The van der Waals surface area contributed by atoms with Crippen LogP contribution in [0.2, 0.25) is 0 Å². The van der Waals surface area contributed by atoms with Gasteiger partial charge in [0.15, 0.2) is 0 Å². The number of hydrogen-bond donors (Lipinski definition) is 1. The van der Waals surface area contributed by atoms with Gasteiger partial charge in [0.2, 0.25) is 0 Å². The van der Waals surface area contributed by atoms with Gasteiger partial charge in [-0.3, -0.25) is 0 Å². The van der Waals surface area contributed by atoms with Crippen LogP contribution in [-0.4, -0.2) is 14.3 Å². The van der Waals surface area contributed by atoms with Gasteiger partial charge in [-0.1, -0.05) is 0 Å². The summed E-state index contributed by atoms with van der Waals surface area (Å²) in [5, 5.41) is 2.91. The molecule has 0 unspecified atom stereocenters. The number of halogens is 1. The van der Waals surface area contributed by atoms with Gasteiger partial charge in [0, 0.05) is 3.57 Å². The quantitative estimate of drug-likeness (QED) is 0.742. The topological polar surface area (TPSA) is 58.5 Å². The molecule has 0 radical (unpaired) electrons. The molecule has 1 aliphatic heterocycles. The summed E-state index contributed by atoms with van der Waals surface area (Å²) in [7, 11) is -3.49. The molecule has 6 heteroatoms. The van der Waals surface area contributed by atoms with E-state index in [1.807, 2.05) is 6.07 Å². The highest BCUT2D eigenvalue weighted by molar-refractivity contribution is 14.1. The first-order valence-electron chi connectivity index (χ1n) is 3.87. The van der Waals surface area contributed by atoms with Crippen LogP contribution in [0.5, 0.6) is 0 Å². The lowest BCUT2D eigenvalue weighted by Crippen LogP contribution is -2.18. The van der Waals surface area contributed by atoms with Crippen LogP contribution in [0, 0.1) is 3.57 Å². The average molecular weight is 322 g/mol. The molecule has 0 bridgehead atoms. The van der Waals surface area contributed by atoms with E-state index in [1.54, 1.807) is 19.1 Å². The second-order valence-electron chi connectivity index (χ2n) is 2.92. The van der Waals surface area contributed by atoms with E-state index in [2.05, 4.69) is 32.3 Å². The van der Waals surface area contributed by atoms with Gasteiger partial charge in [-0.25, -0.2) is 0 Å². The van der Waals surface area contributed by atoms with Crippen molar-refractivity contribution < 1.29 is 8.42 Å². The number of benzene rings is 1. The Bertz CT molecular complexity index is 522. The maximum absolute atomic E-state index is 11.6. The van der Waals surface area contributed by atoms with Crippen LogP contribution >= 0.6 is 22.6 Å². The Hall–Kier alpha value is -0.630. The fraction of sp³-hybridized carbons (Fsp3) is 0.125. The maximum atomic E-state index is 11.6. The Morgan fingerprint density at radius 2 is 2.14 bits per heavy atom. The third-order valence-corrected chi connectivity index (χ3v) is 3.87. The van der Waals surface area contributed by atoms with Crippen molar-refractivity contribution in [2.75, 3.05) is 5.32 Å². The first kappa shape index (κ1) is 9.91. The van der Waals surface area contributed by atoms with Crippen molar-refractivity contribution in [3.8, 4) is 0 Å². The van der Waals surface area contributed by atoms with Crippen molar-refractivity contribution >= 4 is 44.1 Å². The molecule has 2 rings (SSSR count). The number of amidine groups is 1. The lowest BCUT2D eigenvalue weighted by Gasteiger charge is -2.15. The maximum Gasteiger partial charge on any atom is 0.286 e. The number of rotatable bonds is 0. The van der Waals surface area contributed by atoms with Crippen LogP contribution in [0.3, 0.4) is 0 Å². The standard InChI is InChI=1S/C8H7IN2O2S/c1-5-10-7-3-2-6(9)4-8(7)14(12,13)11-5/h2-4H,1H3,(H,10,11). The van der Waals surface area contributed by atoms with Gasteiger partial charge in [-0.05, 0) is 47.7 Å². The molecular weight excluding hydrogens is 315 g/mol. The van der Waals surface area contributed by atoms with E-state index in [4.69, 9.17) is 0 Å². The third kappa shape index (κ3) is 1.63. The summed E-state index contributed by atoms with van der Waals surface area (Å²) < 4.78 is 27.7. The highest BCUT2D eigenvalue weighted by atomic mass is 127. The molecule has 0 amide bonds. The van der Waals surface area contributed by atoms with Crippen LogP contribution < -0.4 is 5.32 Å². The molecule has 1 N–H and O–H groups in total. The van der Waals surface area contributed by atoms with Gasteiger partial charge in [0.25, 0.3) is 10.0 Å². The molecule has 0 aliphatic carbocycles. The molecule has 0 aromatic heterocycles. The summed E-state index contributed by atoms with van der Waals surface area (Å²) in [4.78, 5) is 0.245. The second kappa shape index (κ2) is 3.20. The van der Waals surface area contributed by atoms with E-state index in [0.29, 0.717) is 11.5 Å². The molecule has 1 aliphatic rings. The number of nitrogens with one attached hydrogen (secondary N) is 1. The minimum Gasteiger partial charge on any atom is -0.342 e. The Balaban J connectivity index is 2.73. The fourth-order valence-corrected chi connectivity index (χ4v) is 3.14. The van der Waals surface area contributed by atoms with E-state index in [9.17, 15) is 8.42 Å². The molecule has 14 heavy (non-hydrogen) atoms. The Kier molecular flexibility index (Phi) is 2.26. The Morgan fingerprint density at radius 3 is 2.86 bits per heavy atom. The zero-order chi connectivity index (χ0) is 10.3. The summed E-state index contributed by atoms with van der Waals surface area (Å²) in [5.74, 6) is 0.402. The van der Waals surface area contributed by atoms with Gasteiger partial charge >= 0.3 is 0 Å². The predicted octanol–water partition coefficient (Wildman–Crippen LogP) is 1.82.